The van der Waals surface area contributed by atoms with E-state index < -0.39 is 11.5 Å². The molecule has 170 valence electrons. The molecule has 1 atom stereocenters. The number of hydrogen-bond donors (Lipinski definition) is 2. The van der Waals surface area contributed by atoms with Gasteiger partial charge in [-0.2, -0.15) is 10.1 Å². The average Bonchev–Trinajstić information content (AvgIpc) is 3.41. The molecule has 0 saturated carbocycles. The van der Waals surface area contributed by atoms with Crippen molar-refractivity contribution in [3.63, 3.8) is 0 Å². The van der Waals surface area contributed by atoms with Gasteiger partial charge < -0.3 is 14.8 Å². The number of carbonyl (C=O) groups is 1. The normalized spacial score (nSPS) is 15.7. The minimum atomic E-state index is -3.81. The van der Waals surface area contributed by atoms with Gasteiger partial charge in [-0.1, -0.05) is 6.92 Å². The maximum absolute atomic E-state index is 13.0. The monoisotopic (exact) mass is 473 g/mol. The predicted molar refractivity (Wildman–Crippen MR) is 118 cm³/mol. The Morgan fingerprint density at radius 3 is 2.79 bits per heavy atom. The highest BCUT2D eigenvalue weighted by Crippen LogP contribution is 2.35. The topological polar surface area (TPSA) is 94.1 Å². The Morgan fingerprint density at radius 1 is 1.30 bits per heavy atom. The molecule has 1 aliphatic heterocycles. The van der Waals surface area contributed by atoms with Crippen LogP contribution >= 0.6 is 11.6 Å². The zero-order valence-electron chi connectivity index (χ0n) is 17.3. The number of halogens is 3. The highest BCUT2D eigenvalue weighted by molar-refractivity contribution is 6.20. The number of rotatable bonds is 5. The number of carbonyl (C=O) groups excluding carboxylic acids is 1. The Morgan fingerprint density at radius 2 is 2.09 bits per heavy atom. The van der Waals surface area contributed by atoms with E-state index in [-0.39, 0.29) is 5.75 Å². The van der Waals surface area contributed by atoms with Crippen molar-refractivity contribution in [2.45, 2.75) is 19.0 Å². The summed E-state index contributed by atoms with van der Waals surface area (Å²) in [6.45, 7) is 3.41. The number of nitrogens with zero attached hydrogens (tertiary/aromatic N) is 3. The summed E-state index contributed by atoms with van der Waals surface area (Å²) >= 11 is 4.77. The van der Waals surface area contributed by atoms with Gasteiger partial charge in [-0.15, -0.1) is 8.78 Å². The fourth-order valence-corrected chi connectivity index (χ4v) is 3.88. The lowest BCUT2D eigenvalue weighted by Crippen LogP contribution is -2.23. The molecule has 0 unspecified atom stereocenters. The highest BCUT2D eigenvalue weighted by Gasteiger charge is 2.27. The Hall–Kier alpha value is -3.66. The van der Waals surface area contributed by atoms with Gasteiger partial charge in [-0.3, -0.25) is 14.5 Å². The van der Waals surface area contributed by atoms with Crippen molar-refractivity contribution in [3.8, 4) is 23.0 Å². The van der Waals surface area contributed by atoms with Gasteiger partial charge in [0.1, 0.15) is 5.75 Å². The highest BCUT2D eigenvalue weighted by atomic mass is 35.5. The maximum atomic E-state index is 13.0. The van der Waals surface area contributed by atoms with Gasteiger partial charge in [0.25, 0.3) is 11.9 Å². The molecular formula is C22H18ClF2N5O3. The third kappa shape index (κ3) is 4.34. The number of hydrogen-bond acceptors (Lipinski definition) is 5. The molecule has 11 heteroatoms. The summed E-state index contributed by atoms with van der Waals surface area (Å²) in [7, 11) is 0. The fraction of sp³-hybridized carbons (Fsp3) is 0.227. The Balaban J connectivity index is 1.49. The first-order chi connectivity index (χ1) is 15.8. The van der Waals surface area contributed by atoms with Crippen LogP contribution in [0.4, 0.5) is 14.5 Å². The smallest absolute Gasteiger partial charge is 0.464 e. The SMILES string of the molecule is C[C@@H]1COc2nc3cc(C(=O)Nc4ccc(OC(F)(F)Cl)cc4)cc(-c4ccn[nH]4)c3n2C1. The molecule has 0 radical (unpaired) electrons. The third-order valence-electron chi connectivity index (χ3n) is 5.20. The van der Waals surface area contributed by atoms with Crippen LogP contribution < -0.4 is 14.8 Å². The minimum Gasteiger partial charge on any atom is -0.464 e. The second-order valence-electron chi connectivity index (χ2n) is 7.81. The van der Waals surface area contributed by atoms with Gasteiger partial charge in [-0.05, 0) is 42.5 Å². The van der Waals surface area contributed by atoms with Crippen molar-refractivity contribution in [1.29, 1.82) is 0 Å². The van der Waals surface area contributed by atoms with E-state index in [0.717, 1.165) is 23.3 Å². The lowest BCUT2D eigenvalue weighted by atomic mass is 10.0. The van der Waals surface area contributed by atoms with Crippen molar-refractivity contribution in [2.24, 2.45) is 5.92 Å². The molecule has 5 rings (SSSR count). The van der Waals surface area contributed by atoms with Gasteiger partial charge >= 0.3 is 5.57 Å². The lowest BCUT2D eigenvalue weighted by molar-refractivity contribution is -0.0964. The maximum Gasteiger partial charge on any atom is 0.487 e. The van der Waals surface area contributed by atoms with E-state index in [9.17, 15) is 13.6 Å². The molecule has 0 aliphatic carbocycles. The van der Waals surface area contributed by atoms with Crippen molar-refractivity contribution in [1.82, 2.24) is 19.7 Å². The molecule has 0 fully saturated rings. The Bertz CT molecular complexity index is 1320. The minimum absolute atomic E-state index is 0.131. The molecule has 33 heavy (non-hydrogen) atoms. The summed E-state index contributed by atoms with van der Waals surface area (Å²) < 4.78 is 37.6. The van der Waals surface area contributed by atoms with Crippen molar-refractivity contribution >= 4 is 34.2 Å². The number of imidazole rings is 1. The third-order valence-corrected chi connectivity index (χ3v) is 5.27. The van der Waals surface area contributed by atoms with Crippen LogP contribution in [-0.4, -0.2) is 37.8 Å². The molecule has 1 aliphatic rings. The second-order valence-corrected chi connectivity index (χ2v) is 8.25. The second kappa shape index (κ2) is 8.04. The molecule has 4 aromatic rings. The van der Waals surface area contributed by atoms with Crippen LogP contribution in [0.3, 0.4) is 0 Å². The Labute approximate surface area is 191 Å². The van der Waals surface area contributed by atoms with E-state index in [1.807, 2.05) is 10.6 Å². The van der Waals surface area contributed by atoms with Crippen LogP contribution in [0.1, 0.15) is 17.3 Å². The number of alkyl halides is 3. The summed E-state index contributed by atoms with van der Waals surface area (Å²) in [6, 6.07) is 11.2. The summed E-state index contributed by atoms with van der Waals surface area (Å²) in [5, 5.41) is 9.72. The molecule has 0 spiro atoms. The molecule has 0 saturated heterocycles. The number of aromatic amines is 1. The van der Waals surface area contributed by atoms with E-state index in [1.165, 1.54) is 24.3 Å². The van der Waals surface area contributed by atoms with Gasteiger partial charge in [-0.25, -0.2) is 0 Å². The zero-order valence-corrected chi connectivity index (χ0v) is 18.1. The largest absolute Gasteiger partial charge is 0.487 e. The van der Waals surface area contributed by atoms with Gasteiger partial charge in [0.2, 0.25) is 0 Å². The standard InChI is InChI=1S/C22H18ClF2N5O3/c1-12-10-30-19-16(17-6-7-26-29-17)8-13(9-18(19)28-21(30)32-11-12)20(31)27-14-2-4-15(5-3-14)33-22(23,24)25/h2-9,12H,10-11H2,1H3,(H,26,29)(H,27,31)/t12-/m0/s1. The van der Waals surface area contributed by atoms with Crippen LogP contribution in [0.25, 0.3) is 22.3 Å². The van der Waals surface area contributed by atoms with Crippen LogP contribution in [0.5, 0.6) is 11.8 Å². The fourth-order valence-electron chi connectivity index (χ4n) is 3.79. The quantitative estimate of drug-likeness (QED) is 0.403. The molecule has 3 heterocycles. The van der Waals surface area contributed by atoms with Gasteiger partial charge in [0.15, 0.2) is 0 Å². The van der Waals surface area contributed by atoms with Crippen molar-refractivity contribution in [2.75, 3.05) is 11.9 Å². The summed E-state index contributed by atoms with van der Waals surface area (Å²) in [6.07, 6.45) is 1.63. The van der Waals surface area contributed by atoms with Gasteiger partial charge in [0, 0.05) is 47.1 Å². The predicted octanol–water partition coefficient (Wildman–Crippen LogP) is 4.88. The van der Waals surface area contributed by atoms with Crippen LogP contribution in [-0.2, 0) is 6.54 Å². The first-order valence-electron chi connectivity index (χ1n) is 10.1. The molecular weight excluding hydrogens is 456 g/mol. The lowest BCUT2D eigenvalue weighted by Gasteiger charge is -2.21. The number of nitrogens with one attached hydrogen (secondary N) is 2. The van der Waals surface area contributed by atoms with E-state index in [2.05, 4.69) is 32.2 Å². The molecule has 8 nitrogen and oxygen atoms in total. The van der Waals surface area contributed by atoms with Crippen molar-refractivity contribution in [3.05, 3.63) is 54.2 Å². The number of anilines is 1. The molecule has 2 N–H and O–H groups in total. The zero-order chi connectivity index (χ0) is 23.2. The summed E-state index contributed by atoms with van der Waals surface area (Å²) in [5.74, 6) is -0.207. The number of amides is 1. The van der Waals surface area contributed by atoms with E-state index in [0.29, 0.717) is 35.3 Å². The first-order valence-corrected chi connectivity index (χ1v) is 10.5. The van der Waals surface area contributed by atoms with E-state index >= 15 is 0 Å². The molecule has 0 bridgehead atoms. The number of H-pyrrole nitrogens is 1. The van der Waals surface area contributed by atoms with Crippen LogP contribution in [0.15, 0.2) is 48.7 Å². The van der Waals surface area contributed by atoms with E-state index in [1.54, 1.807) is 18.3 Å². The first kappa shape index (κ1) is 21.2. The molecule has 1 amide bonds. The number of benzene rings is 2. The average molecular weight is 474 g/mol. The molecule has 2 aromatic heterocycles. The molecule has 2 aromatic carbocycles. The van der Waals surface area contributed by atoms with E-state index in [4.69, 9.17) is 16.3 Å². The number of fused-ring (bicyclic) bond motifs is 3. The summed E-state index contributed by atoms with van der Waals surface area (Å²) in [4.78, 5) is 17.6. The van der Waals surface area contributed by atoms with Gasteiger partial charge in [0.05, 0.1) is 23.3 Å². The summed E-state index contributed by atoms with van der Waals surface area (Å²) in [5.41, 5.74) is -0.0870. The Kier molecular flexibility index (Phi) is 5.16. The van der Waals surface area contributed by atoms with Crippen LogP contribution in [0, 0.1) is 5.92 Å². The number of ether oxygens (including phenoxy) is 2. The van der Waals surface area contributed by atoms with Crippen molar-refractivity contribution < 1.29 is 23.0 Å². The number of aromatic nitrogens is 4. The van der Waals surface area contributed by atoms with Crippen LogP contribution in [0.2, 0.25) is 0 Å².